The van der Waals surface area contributed by atoms with Crippen LogP contribution in [-0.2, 0) is 16.1 Å². The number of carbonyl (C=O) groups excluding carboxylic acids is 3. The Labute approximate surface area is 190 Å². The van der Waals surface area contributed by atoms with Crippen molar-refractivity contribution < 1.29 is 19.1 Å². The number of nitrogens with zero attached hydrogens (tertiary/aromatic N) is 2. The van der Waals surface area contributed by atoms with Crippen LogP contribution in [-0.4, -0.2) is 42.1 Å². The molecule has 9 heteroatoms. The molecule has 4 rings (SSSR count). The van der Waals surface area contributed by atoms with Crippen LogP contribution in [0.15, 0.2) is 54.7 Å². The summed E-state index contributed by atoms with van der Waals surface area (Å²) in [4.78, 5) is 38.3. The summed E-state index contributed by atoms with van der Waals surface area (Å²) in [6, 6.07) is 13.1. The van der Waals surface area contributed by atoms with Crippen LogP contribution in [0, 0.1) is 0 Å². The summed E-state index contributed by atoms with van der Waals surface area (Å²) in [5, 5.41) is 7.17. The maximum absolute atomic E-state index is 12.7. The fourth-order valence-corrected chi connectivity index (χ4v) is 4.00. The normalized spacial score (nSPS) is 15.8. The fourth-order valence-electron chi connectivity index (χ4n) is 3.76. The van der Waals surface area contributed by atoms with E-state index in [-0.39, 0.29) is 24.7 Å². The quantitative estimate of drug-likeness (QED) is 0.511. The van der Waals surface area contributed by atoms with Crippen LogP contribution in [0.3, 0.4) is 0 Å². The number of ether oxygens (including phenoxy) is 1. The molecule has 1 atom stereocenters. The second-order valence-corrected chi connectivity index (χ2v) is 7.85. The Morgan fingerprint density at radius 2 is 1.94 bits per heavy atom. The Morgan fingerprint density at radius 3 is 2.69 bits per heavy atom. The van der Waals surface area contributed by atoms with Gasteiger partial charge in [-0.25, -0.2) is 9.69 Å². The van der Waals surface area contributed by atoms with Gasteiger partial charge in [-0.1, -0.05) is 17.7 Å². The Hall–Kier alpha value is -3.52. The molecule has 32 heavy (non-hydrogen) atoms. The number of urea groups is 1. The lowest BCUT2D eigenvalue weighted by Gasteiger charge is -2.13. The summed E-state index contributed by atoms with van der Waals surface area (Å²) in [6.45, 7) is 1.04. The molecule has 1 fully saturated rings. The van der Waals surface area contributed by atoms with Crippen molar-refractivity contribution >= 4 is 46.0 Å². The van der Waals surface area contributed by atoms with E-state index in [1.165, 1.54) is 0 Å². The van der Waals surface area contributed by atoms with Gasteiger partial charge in [-0.05, 0) is 48.9 Å². The van der Waals surface area contributed by atoms with Crippen LogP contribution in [0.25, 0.3) is 10.9 Å². The highest BCUT2D eigenvalue weighted by molar-refractivity contribution is 6.35. The largest absolute Gasteiger partial charge is 0.497 e. The van der Waals surface area contributed by atoms with E-state index >= 15 is 0 Å². The number of carbonyl (C=O) groups is 3. The van der Waals surface area contributed by atoms with Crippen molar-refractivity contribution in [3.8, 4) is 5.75 Å². The van der Waals surface area contributed by atoms with E-state index in [1.807, 2.05) is 35.0 Å². The molecular formula is C23H23ClN4O4. The van der Waals surface area contributed by atoms with Crippen molar-refractivity contribution in [2.45, 2.75) is 25.4 Å². The Kier molecular flexibility index (Phi) is 6.32. The monoisotopic (exact) mass is 454 g/mol. The van der Waals surface area contributed by atoms with E-state index in [2.05, 4.69) is 10.6 Å². The standard InChI is InChI=1S/C23H23ClN4O4/c1-32-16-7-5-15(6-8-16)28-22(30)19(26-23(28)31)9-10-21(29)25-12-14-27-13-11-17-18(24)3-2-4-20(17)27/h2-8,11,13,19H,9-10,12,14H2,1H3,(H,25,29)(H,26,31)/t19-/m0/s1. The SMILES string of the molecule is COc1ccc(N2C(=O)N[C@@H](CCC(=O)NCCn3ccc4c(Cl)cccc43)C2=O)cc1. The predicted octanol–water partition coefficient (Wildman–Crippen LogP) is 3.32. The lowest BCUT2D eigenvalue weighted by Crippen LogP contribution is -2.33. The average molecular weight is 455 g/mol. The highest BCUT2D eigenvalue weighted by Gasteiger charge is 2.38. The summed E-state index contributed by atoms with van der Waals surface area (Å²) in [5.41, 5.74) is 1.46. The molecule has 8 nitrogen and oxygen atoms in total. The topological polar surface area (TPSA) is 92.7 Å². The van der Waals surface area contributed by atoms with Crippen molar-refractivity contribution in [2.24, 2.45) is 0 Å². The molecule has 1 aliphatic heterocycles. The number of hydrogen-bond acceptors (Lipinski definition) is 4. The first kappa shape index (κ1) is 21.7. The van der Waals surface area contributed by atoms with Gasteiger partial charge < -0.3 is 19.9 Å². The molecule has 166 valence electrons. The summed E-state index contributed by atoms with van der Waals surface area (Å²) in [7, 11) is 1.54. The maximum atomic E-state index is 12.7. The van der Waals surface area contributed by atoms with Gasteiger partial charge in [0.25, 0.3) is 5.91 Å². The molecule has 2 heterocycles. The molecule has 3 aromatic rings. The van der Waals surface area contributed by atoms with Crippen LogP contribution in [0.2, 0.25) is 5.02 Å². The van der Waals surface area contributed by atoms with Crippen LogP contribution >= 0.6 is 11.6 Å². The van der Waals surface area contributed by atoms with Crippen molar-refractivity contribution in [1.82, 2.24) is 15.2 Å². The minimum absolute atomic E-state index is 0.130. The lowest BCUT2D eigenvalue weighted by atomic mass is 10.1. The number of rotatable bonds is 8. The molecule has 0 aliphatic carbocycles. The summed E-state index contributed by atoms with van der Waals surface area (Å²) >= 11 is 6.19. The van der Waals surface area contributed by atoms with Crippen LogP contribution < -0.4 is 20.3 Å². The van der Waals surface area contributed by atoms with E-state index < -0.39 is 12.1 Å². The lowest BCUT2D eigenvalue weighted by molar-refractivity contribution is -0.121. The molecule has 0 unspecified atom stereocenters. The number of methoxy groups -OCH3 is 1. The second kappa shape index (κ2) is 9.32. The highest BCUT2D eigenvalue weighted by Crippen LogP contribution is 2.25. The Morgan fingerprint density at radius 1 is 1.16 bits per heavy atom. The molecule has 2 aromatic carbocycles. The van der Waals surface area contributed by atoms with E-state index in [4.69, 9.17) is 16.3 Å². The number of halogens is 1. The van der Waals surface area contributed by atoms with Crippen molar-refractivity contribution in [3.63, 3.8) is 0 Å². The molecule has 1 aromatic heterocycles. The van der Waals surface area contributed by atoms with E-state index in [0.29, 0.717) is 29.5 Å². The van der Waals surface area contributed by atoms with Gasteiger partial charge in [0, 0.05) is 41.6 Å². The number of hydrogen-bond donors (Lipinski definition) is 2. The van der Waals surface area contributed by atoms with Gasteiger partial charge in [0.2, 0.25) is 5.91 Å². The zero-order chi connectivity index (χ0) is 22.7. The highest BCUT2D eigenvalue weighted by atomic mass is 35.5. The minimum atomic E-state index is -0.731. The molecule has 0 saturated carbocycles. The van der Waals surface area contributed by atoms with Crippen LogP contribution in [0.5, 0.6) is 5.75 Å². The van der Waals surface area contributed by atoms with Gasteiger partial charge in [-0.2, -0.15) is 0 Å². The number of aromatic nitrogens is 1. The summed E-state index contributed by atoms with van der Waals surface area (Å²) in [5.74, 6) is 0.0816. The van der Waals surface area contributed by atoms with Gasteiger partial charge in [-0.15, -0.1) is 0 Å². The Bertz CT molecular complexity index is 1160. The van der Waals surface area contributed by atoms with E-state index in [1.54, 1.807) is 31.4 Å². The molecule has 2 N–H and O–H groups in total. The summed E-state index contributed by atoms with van der Waals surface area (Å²) < 4.78 is 7.12. The van der Waals surface area contributed by atoms with Gasteiger partial charge in [0.15, 0.2) is 0 Å². The number of anilines is 1. The van der Waals surface area contributed by atoms with Gasteiger partial charge in [0.1, 0.15) is 11.8 Å². The number of nitrogens with one attached hydrogen (secondary N) is 2. The predicted molar refractivity (Wildman–Crippen MR) is 122 cm³/mol. The molecule has 0 bridgehead atoms. The molecular weight excluding hydrogens is 432 g/mol. The van der Waals surface area contributed by atoms with Gasteiger partial charge in [-0.3, -0.25) is 9.59 Å². The molecule has 0 radical (unpaired) electrons. The van der Waals surface area contributed by atoms with Crippen LogP contribution in [0.4, 0.5) is 10.5 Å². The third kappa shape index (κ3) is 4.40. The minimum Gasteiger partial charge on any atom is -0.497 e. The summed E-state index contributed by atoms with van der Waals surface area (Å²) in [6.07, 6.45) is 2.29. The molecule has 4 amide bonds. The maximum Gasteiger partial charge on any atom is 0.329 e. The molecule has 0 spiro atoms. The third-order valence-electron chi connectivity index (χ3n) is 5.45. The van der Waals surface area contributed by atoms with E-state index in [9.17, 15) is 14.4 Å². The first-order valence-electron chi connectivity index (χ1n) is 10.3. The van der Waals surface area contributed by atoms with E-state index in [0.717, 1.165) is 15.8 Å². The second-order valence-electron chi connectivity index (χ2n) is 7.44. The Balaban J connectivity index is 1.27. The van der Waals surface area contributed by atoms with Crippen LogP contribution in [0.1, 0.15) is 12.8 Å². The molecule has 1 aliphatic rings. The first-order valence-corrected chi connectivity index (χ1v) is 10.6. The zero-order valence-corrected chi connectivity index (χ0v) is 18.3. The van der Waals surface area contributed by atoms with Crippen molar-refractivity contribution in [2.75, 3.05) is 18.6 Å². The first-order chi connectivity index (χ1) is 15.5. The average Bonchev–Trinajstić information content (AvgIpc) is 3.33. The van der Waals surface area contributed by atoms with Gasteiger partial charge >= 0.3 is 6.03 Å². The zero-order valence-electron chi connectivity index (χ0n) is 17.5. The number of amides is 4. The number of benzene rings is 2. The number of fused-ring (bicyclic) bond motifs is 1. The van der Waals surface area contributed by atoms with Crippen molar-refractivity contribution in [1.29, 1.82) is 0 Å². The van der Waals surface area contributed by atoms with Gasteiger partial charge in [0.05, 0.1) is 12.8 Å². The number of imide groups is 1. The molecule has 1 saturated heterocycles. The van der Waals surface area contributed by atoms with Crippen molar-refractivity contribution in [3.05, 3.63) is 59.8 Å². The third-order valence-corrected chi connectivity index (χ3v) is 5.77. The smallest absolute Gasteiger partial charge is 0.329 e. The fraction of sp³-hybridized carbons (Fsp3) is 0.261.